The number of aromatic nitrogens is 2. The fourth-order valence-corrected chi connectivity index (χ4v) is 2.01. The Kier molecular flexibility index (Phi) is 4.21. The second kappa shape index (κ2) is 5.76. The van der Waals surface area contributed by atoms with E-state index in [0.29, 0.717) is 16.1 Å². The van der Waals surface area contributed by atoms with E-state index in [1.54, 1.807) is 24.3 Å². The third kappa shape index (κ3) is 3.97. The summed E-state index contributed by atoms with van der Waals surface area (Å²) in [7, 11) is 0. The largest absolute Gasteiger partial charge is 0.408 e. The number of hydrogen-bond acceptors (Lipinski definition) is 4. The molecule has 0 saturated carbocycles. The van der Waals surface area contributed by atoms with Crippen LogP contribution in [0, 0.1) is 0 Å². The predicted octanol–water partition coefficient (Wildman–Crippen LogP) is 2.89. The maximum atomic E-state index is 12.3. The Morgan fingerprint density at radius 3 is 2.71 bits per heavy atom. The van der Waals surface area contributed by atoms with Crippen molar-refractivity contribution in [1.29, 1.82) is 0 Å². The van der Waals surface area contributed by atoms with Crippen LogP contribution in [0.25, 0.3) is 0 Å². The van der Waals surface area contributed by atoms with Gasteiger partial charge in [-0.15, -0.1) is 0 Å². The molecule has 0 saturated heterocycles. The van der Waals surface area contributed by atoms with E-state index in [1.807, 2.05) is 0 Å². The molecule has 0 aliphatic carbocycles. The lowest BCUT2D eigenvalue weighted by atomic mass is 10.3. The quantitative estimate of drug-likeness (QED) is 0.823. The molecule has 112 valence electrons. The third-order valence-electron chi connectivity index (χ3n) is 2.48. The number of nitrogens with two attached hydrogens (primary N) is 1. The Hall–Kier alpha value is -2.03. The van der Waals surface area contributed by atoms with E-state index in [9.17, 15) is 18.0 Å². The SMILES string of the molecule is Nc1cccc(Nc2cnn(CC(F)(F)F)c(=O)c2Br)c1. The van der Waals surface area contributed by atoms with Gasteiger partial charge >= 0.3 is 6.18 Å². The van der Waals surface area contributed by atoms with Crippen LogP contribution in [0.15, 0.2) is 39.7 Å². The molecule has 0 aliphatic rings. The highest BCUT2D eigenvalue weighted by Crippen LogP contribution is 2.23. The van der Waals surface area contributed by atoms with Gasteiger partial charge in [0.15, 0.2) is 0 Å². The zero-order chi connectivity index (χ0) is 15.6. The zero-order valence-corrected chi connectivity index (χ0v) is 12.1. The van der Waals surface area contributed by atoms with Crippen molar-refractivity contribution in [1.82, 2.24) is 9.78 Å². The second-order valence-corrected chi connectivity index (χ2v) is 4.99. The van der Waals surface area contributed by atoms with Gasteiger partial charge in [0, 0.05) is 11.4 Å². The van der Waals surface area contributed by atoms with Gasteiger partial charge in [0.2, 0.25) is 0 Å². The van der Waals surface area contributed by atoms with Crippen LogP contribution in [0.3, 0.4) is 0 Å². The summed E-state index contributed by atoms with van der Waals surface area (Å²) in [6.45, 7) is -1.44. The van der Waals surface area contributed by atoms with E-state index in [4.69, 9.17) is 5.73 Å². The predicted molar refractivity (Wildman–Crippen MR) is 76.4 cm³/mol. The lowest BCUT2D eigenvalue weighted by Crippen LogP contribution is -2.30. The van der Waals surface area contributed by atoms with Crippen LogP contribution in [-0.4, -0.2) is 16.0 Å². The molecule has 5 nitrogen and oxygen atoms in total. The second-order valence-electron chi connectivity index (χ2n) is 4.20. The van der Waals surface area contributed by atoms with E-state index in [0.717, 1.165) is 6.20 Å². The normalized spacial score (nSPS) is 11.4. The molecule has 0 atom stereocenters. The summed E-state index contributed by atoms with van der Waals surface area (Å²) in [4.78, 5) is 11.8. The number of hydrogen-bond donors (Lipinski definition) is 2. The number of rotatable bonds is 3. The smallest absolute Gasteiger partial charge is 0.399 e. The number of anilines is 3. The summed E-state index contributed by atoms with van der Waals surface area (Å²) >= 11 is 2.98. The minimum absolute atomic E-state index is 0.0378. The topological polar surface area (TPSA) is 72.9 Å². The molecule has 0 radical (unpaired) electrons. The molecule has 9 heteroatoms. The molecule has 1 heterocycles. The fourth-order valence-electron chi connectivity index (χ4n) is 1.61. The molecule has 0 bridgehead atoms. The first-order valence-corrected chi connectivity index (χ1v) is 6.50. The van der Waals surface area contributed by atoms with Crippen molar-refractivity contribution in [2.24, 2.45) is 0 Å². The molecule has 3 N–H and O–H groups in total. The lowest BCUT2D eigenvalue weighted by molar-refractivity contribution is -0.143. The maximum absolute atomic E-state index is 12.3. The highest BCUT2D eigenvalue weighted by atomic mass is 79.9. The van der Waals surface area contributed by atoms with Crippen molar-refractivity contribution in [3.05, 3.63) is 45.3 Å². The molecule has 0 aliphatic heterocycles. The number of halogens is 4. The molecule has 1 aromatic heterocycles. The minimum atomic E-state index is -4.51. The van der Waals surface area contributed by atoms with Crippen molar-refractivity contribution in [3.8, 4) is 0 Å². The van der Waals surface area contributed by atoms with Gasteiger partial charge in [-0.05, 0) is 34.1 Å². The number of alkyl halides is 3. The highest BCUT2D eigenvalue weighted by Gasteiger charge is 2.29. The molecule has 2 aromatic rings. The van der Waals surface area contributed by atoms with Crippen LogP contribution in [0.1, 0.15) is 0 Å². The summed E-state index contributed by atoms with van der Waals surface area (Å²) in [5.41, 5.74) is 6.09. The number of benzene rings is 1. The Bertz CT molecular complexity index is 714. The van der Waals surface area contributed by atoms with E-state index < -0.39 is 18.3 Å². The molecule has 0 amide bonds. The number of nitrogens with one attached hydrogen (secondary N) is 1. The lowest BCUT2D eigenvalue weighted by Gasteiger charge is -2.12. The summed E-state index contributed by atoms with van der Waals surface area (Å²) < 4.78 is 37.2. The first-order valence-electron chi connectivity index (χ1n) is 5.71. The number of nitrogens with zero attached hydrogens (tertiary/aromatic N) is 2. The van der Waals surface area contributed by atoms with Crippen molar-refractivity contribution in [2.45, 2.75) is 12.7 Å². The first kappa shape index (κ1) is 15.4. The van der Waals surface area contributed by atoms with Crippen molar-refractivity contribution < 1.29 is 13.2 Å². The minimum Gasteiger partial charge on any atom is -0.399 e. The zero-order valence-electron chi connectivity index (χ0n) is 10.5. The van der Waals surface area contributed by atoms with Gasteiger partial charge in [-0.25, -0.2) is 4.68 Å². The first-order chi connectivity index (χ1) is 9.76. The molecular formula is C12H10BrF3N4O. The molecule has 2 rings (SSSR count). The monoisotopic (exact) mass is 362 g/mol. The Morgan fingerprint density at radius 1 is 1.38 bits per heavy atom. The molecule has 0 fully saturated rings. The van der Waals surface area contributed by atoms with Crippen molar-refractivity contribution in [3.63, 3.8) is 0 Å². The average Bonchev–Trinajstić information content (AvgIpc) is 2.37. The summed E-state index contributed by atoms with van der Waals surface area (Å²) in [5, 5.41) is 6.36. The molecular weight excluding hydrogens is 353 g/mol. The Balaban J connectivity index is 2.31. The summed E-state index contributed by atoms with van der Waals surface area (Å²) in [6, 6.07) is 6.70. The highest BCUT2D eigenvalue weighted by molar-refractivity contribution is 9.10. The molecule has 0 unspecified atom stereocenters. The molecule has 21 heavy (non-hydrogen) atoms. The van der Waals surface area contributed by atoms with Gasteiger partial charge in [0.05, 0.1) is 11.9 Å². The van der Waals surface area contributed by atoms with Gasteiger partial charge < -0.3 is 11.1 Å². The standard InChI is InChI=1S/C12H10BrF3N4O/c13-10-9(19-8-3-1-2-7(17)4-8)5-18-20(11(10)21)6-12(14,15)16/h1-5,19H,6,17H2. The van der Waals surface area contributed by atoms with Gasteiger partial charge in [0.1, 0.15) is 11.0 Å². The van der Waals surface area contributed by atoms with Crippen LogP contribution in [0.4, 0.5) is 30.2 Å². The Labute approximate surface area is 125 Å². The average molecular weight is 363 g/mol. The fraction of sp³-hybridized carbons (Fsp3) is 0.167. The van der Waals surface area contributed by atoms with Crippen LogP contribution >= 0.6 is 15.9 Å². The van der Waals surface area contributed by atoms with Gasteiger partial charge in [-0.2, -0.15) is 18.3 Å². The number of nitrogen functional groups attached to an aromatic ring is 1. The van der Waals surface area contributed by atoms with E-state index in [2.05, 4.69) is 26.3 Å². The molecule has 0 spiro atoms. The summed E-state index contributed by atoms with van der Waals surface area (Å²) in [5.74, 6) is 0. The van der Waals surface area contributed by atoms with E-state index in [1.165, 1.54) is 0 Å². The third-order valence-corrected chi connectivity index (χ3v) is 3.25. The van der Waals surface area contributed by atoms with E-state index in [-0.39, 0.29) is 10.2 Å². The maximum Gasteiger partial charge on any atom is 0.408 e. The van der Waals surface area contributed by atoms with Gasteiger partial charge in [-0.1, -0.05) is 6.07 Å². The van der Waals surface area contributed by atoms with Crippen LogP contribution in [0.5, 0.6) is 0 Å². The Morgan fingerprint density at radius 2 is 2.10 bits per heavy atom. The van der Waals surface area contributed by atoms with Crippen LogP contribution in [0.2, 0.25) is 0 Å². The molecule has 1 aromatic carbocycles. The van der Waals surface area contributed by atoms with Gasteiger partial charge in [0.25, 0.3) is 5.56 Å². The van der Waals surface area contributed by atoms with Crippen molar-refractivity contribution >= 4 is 33.0 Å². The van der Waals surface area contributed by atoms with Crippen LogP contribution < -0.4 is 16.6 Å². The van der Waals surface area contributed by atoms with E-state index >= 15 is 0 Å². The van der Waals surface area contributed by atoms with Gasteiger partial charge in [-0.3, -0.25) is 4.79 Å². The summed E-state index contributed by atoms with van der Waals surface area (Å²) in [6.07, 6.45) is -3.38. The van der Waals surface area contributed by atoms with Crippen molar-refractivity contribution in [2.75, 3.05) is 11.1 Å². The van der Waals surface area contributed by atoms with Crippen LogP contribution in [-0.2, 0) is 6.54 Å².